The molecule has 0 spiro atoms. The Labute approximate surface area is 151 Å². The monoisotopic (exact) mass is 336 g/mol. The van der Waals surface area contributed by atoms with Crippen molar-refractivity contribution in [3.8, 4) is 0 Å². The van der Waals surface area contributed by atoms with E-state index in [9.17, 15) is 4.79 Å². The van der Waals surface area contributed by atoms with E-state index in [0.29, 0.717) is 5.71 Å². The first kappa shape index (κ1) is 17.2. The lowest BCUT2D eigenvalue weighted by molar-refractivity contribution is -0.156. The molecule has 2 aromatic carbocycles. The van der Waals surface area contributed by atoms with Crippen LogP contribution in [0.15, 0.2) is 78.3 Å². The molecule has 2 rings (SSSR count). The molecular weight excluding hydrogens is 310 g/mol. The maximum atomic E-state index is 12.7. The fourth-order valence-electron chi connectivity index (χ4n) is 2.27. The summed E-state index contributed by atoms with van der Waals surface area (Å²) in [5.74, 6) is -0.686. The van der Waals surface area contributed by atoms with Crippen LogP contribution in [0, 0.1) is 0 Å². The van der Waals surface area contributed by atoms with Gasteiger partial charge in [-0.3, -0.25) is 4.99 Å². The summed E-state index contributed by atoms with van der Waals surface area (Å²) < 4.78 is 14.1. The van der Waals surface area contributed by atoms with Gasteiger partial charge in [0.05, 0.1) is 7.08 Å². The van der Waals surface area contributed by atoms with Crippen molar-refractivity contribution < 1.29 is 10.9 Å². The average molecular weight is 336 g/mol. The zero-order valence-corrected chi connectivity index (χ0v) is 15.0. The van der Waals surface area contributed by atoms with E-state index in [1.165, 1.54) is 6.08 Å². The molecule has 25 heavy (non-hydrogen) atoms. The standard InChI is InChI=1S/C22H25NO2/c1-5-12-19(21(24)25-22(2,3)4)23-20(17-13-8-6-9-14-17)18-15-10-7-11-16-18/h5-11,13-16,19H,1,12H2,2-4H3/t19-/m0/s1/i19D. The number of hydrogen-bond acceptors (Lipinski definition) is 3. The van der Waals surface area contributed by atoms with Gasteiger partial charge in [-0.25, -0.2) is 4.79 Å². The first-order valence-electron chi connectivity index (χ1n) is 8.80. The molecule has 0 heterocycles. The minimum Gasteiger partial charge on any atom is -0.458 e. The zero-order chi connectivity index (χ0) is 19.2. The summed E-state index contributed by atoms with van der Waals surface area (Å²) in [7, 11) is 0. The van der Waals surface area contributed by atoms with Crippen LogP contribution in [-0.2, 0) is 9.53 Å². The summed E-state index contributed by atoms with van der Waals surface area (Å²) in [4.78, 5) is 17.3. The zero-order valence-electron chi connectivity index (χ0n) is 16.0. The molecule has 0 saturated heterocycles. The van der Waals surface area contributed by atoms with Crippen LogP contribution < -0.4 is 0 Å². The molecule has 0 bridgehead atoms. The number of benzene rings is 2. The second-order valence-electron chi connectivity index (χ2n) is 6.63. The summed E-state index contributed by atoms with van der Waals surface area (Å²) in [6.07, 6.45) is 1.58. The highest BCUT2D eigenvalue weighted by Crippen LogP contribution is 2.16. The molecule has 130 valence electrons. The fourth-order valence-corrected chi connectivity index (χ4v) is 2.27. The van der Waals surface area contributed by atoms with Gasteiger partial charge in [0.25, 0.3) is 0 Å². The molecule has 1 atom stereocenters. The molecule has 0 fully saturated rings. The maximum absolute atomic E-state index is 12.7. The van der Waals surface area contributed by atoms with Crippen LogP contribution >= 0.6 is 0 Å². The minimum absolute atomic E-state index is 0.0606. The molecule has 2 aromatic rings. The van der Waals surface area contributed by atoms with Gasteiger partial charge in [-0.1, -0.05) is 66.7 Å². The Morgan fingerprint density at radius 2 is 1.60 bits per heavy atom. The highest BCUT2D eigenvalue weighted by molar-refractivity contribution is 6.13. The van der Waals surface area contributed by atoms with Crippen LogP contribution in [0.25, 0.3) is 0 Å². The van der Waals surface area contributed by atoms with Crippen LogP contribution in [0.2, 0.25) is 0 Å². The van der Waals surface area contributed by atoms with Gasteiger partial charge in [0, 0.05) is 11.1 Å². The highest BCUT2D eigenvalue weighted by atomic mass is 16.6. The fraction of sp³-hybridized carbons (Fsp3) is 0.273. The Morgan fingerprint density at radius 3 is 2.00 bits per heavy atom. The number of esters is 1. The van der Waals surface area contributed by atoms with Crippen LogP contribution in [0.4, 0.5) is 0 Å². The summed E-state index contributed by atoms with van der Waals surface area (Å²) >= 11 is 0. The van der Waals surface area contributed by atoms with Crippen molar-refractivity contribution in [3.05, 3.63) is 84.4 Å². The average Bonchev–Trinajstić information content (AvgIpc) is 2.60. The predicted molar refractivity (Wildman–Crippen MR) is 103 cm³/mol. The molecule has 0 aromatic heterocycles. The minimum atomic E-state index is -1.80. The number of carbonyl (C=O) groups is 1. The quantitative estimate of drug-likeness (QED) is 0.431. The van der Waals surface area contributed by atoms with Crippen molar-refractivity contribution in [2.24, 2.45) is 4.99 Å². The number of aliphatic imine (C=N–C) groups is 1. The number of rotatable bonds is 6. The lowest BCUT2D eigenvalue weighted by atomic mass is 10.0. The largest absolute Gasteiger partial charge is 0.458 e. The third-order valence-corrected chi connectivity index (χ3v) is 3.31. The van der Waals surface area contributed by atoms with Gasteiger partial charge >= 0.3 is 5.97 Å². The Bertz CT molecular complexity index is 737. The Morgan fingerprint density at radius 1 is 1.12 bits per heavy atom. The van der Waals surface area contributed by atoms with Gasteiger partial charge < -0.3 is 4.74 Å². The van der Waals surface area contributed by atoms with Gasteiger partial charge in [-0.15, -0.1) is 6.58 Å². The first-order chi connectivity index (χ1) is 12.2. The van der Waals surface area contributed by atoms with Crippen molar-refractivity contribution in [2.75, 3.05) is 0 Å². The molecule has 0 radical (unpaired) electrons. The van der Waals surface area contributed by atoms with Gasteiger partial charge in [-0.05, 0) is 27.2 Å². The molecule has 0 aliphatic rings. The summed E-state index contributed by atoms with van der Waals surface area (Å²) in [5, 5.41) is 0. The third kappa shape index (κ3) is 5.71. The molecule has 0 aliphatic heterocycles. The molecule has 0 aliphatic carbocycles. The first-order valence-corrected chi connectivity index (χ1v) is 8.30. The van der Waals surface area contributed by atoms with E-state index >= 15 is 0 Å². The number of hydrogen-bond donors (Lipinski definition) is 0. The van der Waals surface area contributed by atoms with Gasteiger partial charge in [0.2, 0.25) is 0 Å². The van der Waals surface area contributed by atoms with Crippen LogP contribution in [0.5, 0.6) is 0 Å². The lowest BCUT2D eigenvalue weighted by Crippen LogP contribution is -2.31. The van der Waals surface area contributed by atoms with E-state index in [-0.39, 0.29) is 6.42 Å². The van der Waals surface area contributed by atoms with Gasteiger partial charge in [0.15, 0.2) is 6.02 Å². The Hall–Kier alpha value is -2.68. The lowest BCUT2D eigenvalue weighted by Gasteiger charge is -2.22. The molecular formula is C22H25NO2. The van der Waals surface area contributed by atoms with Gasteiger partial charge in [-0.2, -0.15) is 0 Å². The van der Waals surface area contributed by atoms with Crippen LogP contribution in [0.3, 0.4) is 0 Å². The van der Waals surface area contributed by atoms with Crippen molar-refractivity contribution in [2.45, 2.75) is 38.8 Å². The highest BCUT2D eigenvalue weighted by Gasteiger charge is 2.24. The van der Waals surface area contributed by atoms with E-state index < -0.39 is 17.6 Å². The SMILES string of the molecule is [2H][C@@](CC=C)(N=C(c1ccccc1)c1ccccc1)C(=O)OC(C)(C)C. The van der Waals surface area contributed by atoms with E-state index in [0.717, 1.165) is 11.1 Å². The van der Waals surface area contributed by atoms with E-state index in [1.54, 1.807) is 20.8 Å². The van der Waals surface area contributed by atoms with Gasteiger partial charge in [0.1, 0.15) is 5.60 Å². The van der Waals surface area contributed by atoms with Crippen molar-refractivity contribution in [1.82, 2.24) is 0 Å². The third-order valence-electron chi connectivity index (χ3n) is 3.31. The summed E-state index contributed by atoms with van der Waals surface area (Å²) in [5.41, 5.74) is 1.56. The van der Waals surface area contributed by atoms with Crippen molar-refractivity contribution in [1.29, 1.82) is 0 Å². The Kier molecular flexibility index (Phi) is 5.78. The smallest absolute Gasteiger partial charge is 0.331 e. The number of carbonyl (C=O) groups excluding carboxylic acids is 1. The summed E-state index contributed by atoms with van der Waals surface area (Å²) in [6.45, 7) is 9.01. The second-order valence-corrected chi connectivity index (χ2v) is 6.63. The van der Waals surface area contributed by atoms with E-state index in [2.05, 4.69) is 11.6 Å². The molecule has 3 nitrogen and oxygen atoms in total. The van der Waals surface area contributed by atoms with Crippen molar-refractivity contribution >= 4 is 11.7 Å². The Balaban J connectivity index is 2.57. The topological polar surface area (TPSA) is 38.7 Å². The molecule has 3 heteroatoms. The van der Waals surface area contributed by atoms with Crippen LogP contribution in [-0.4, -0.2) is 23.3 Å². The second kappa shape index (κ2) is 8.43. The molecule has 0 amide bonds. The van der Waals surface area contributed by atoms with E-state index in [4.69, 9.17) is 6.11 Å². The normalized spacial score (nSPS) is 14.0. The van der Waals surface area contributed by atoms with Crippen LogP contribution in [0.1, 0.15) is 39.7 Å². The number of nitrogens with zero attached hydrogens (tertiary/aromatic N) is 1. The molecule has 0 unspecified atom stereocenters. The molecule has 0 N–H and O–H groups in total. The van der Waals surface area contributed by atoms with Crippen molar-refractivity contribution in [3.63, 3.8) is 0 Å². The maximum Gasteiger partial charge on any atom is 0.331 e. The molecule has 0 saturated carbocycles. The summed E-state index contributed by atoms with van der Waals surface area (Å²) in [6, 6.07) is 17.3. The predicted octanol–water partition coefficient (Wildman–Crippen LogP) is 4.81. The number of ether oxygens (including phenoxy) is 1. The van der Waals surface area contributed by atoms with E-state index in [1.807, 2.05) is 60.7 Å².